The highest BCUT2D eigenvalue weighted by Gasteiger charge is 2.23. The smallest absolute Gasteiger partial charge is 0.0882 e. The van der Waals surface area contributed by atoms with E-state index < -0.39 is 0 Å². The number of thioether (sulfide) groups is 1. The predicted octanol–water partition coefficient (Wildman–Crippen LogP) is 4.02. The maximum absolute atomic E-state index is 3.62. The maximum Gasteiger partial charge on any atom is 0.0882 e. The molecule has 0 aromatic carbocycles. The van der Waals surface area contributed by atoms with Gasteiger partial charge in [0.25, 0.3) is 0 Å². The maximum atomic E-state index is 3.62. The summed E-state index contributed by atoms with van der Waals surface area (Å²) in [5.74, 6) is 2.09. The van der Waals surface area contributed by atoms with E-state index in [0.29, 0.717) is 5.37 Å². The molecule has 1 aliphatic rings. The van der Waals surface area contributed by atoms with Gasteiger partial charge >= 0.3 is 0 Å². The van der Waals surface area contributed by atoms with E-state index in [1.54, 1.807) is 0 Å². The molecule has 1 fully saturated rings. The van der Waals surface area contributed by atoms with Crippen molar-refractivity contribution in [1.29, 1.82) is 0 Å². The molecule has 2 unspecified atom stereocenters. The summed E-state index contributed by atoms with van der Waals surface area (Å²) < 4.78 is 0. The third kappa shape index (κ3) is 2.82. The van der Waals surface area contributed by atoms with Gasteiger partial charge in [-0.15, -0.1) is 23.1 Å². The Hall–Kier alpha value is 0.01000. The average Bonchev–Trinajstić information content (AvgIpc) is 2.67. The van der Waals surface area contributed by atoms with Crippen LogP contribution in [0.5, 0.6) is 0 Å². The molecule has 1 nitrogen and oxygen atoms in total. The van der Waals surface area contributed by atoms with E-state index in [0.717, 1.165) is 12.5 Å². The lowest BCUT2D eigenvalue weighted by Gasteiger charge is -2.26. The van der Waals surface area contributed by atoms with Crippen LogP contribution in [0.15, 0.2) is 12.1 Å². The standard InChI is InChI=1S/C13H21NS2/c1-9-7-14-12(15-8-9)10-5-6-11(16-10)13(2,3)4/h5-6,9,12,14H,7-8H2,1-4H3. The molecule has 1 aromatic heterocycles. The first kappa shape index (κ1) is 12.5. The Labute approximate surface area is 107 Å². The van der Waals surface area contributed by atoms with Crippen molar-refractivity contribution in [2.24, 2.45) is 5.92 Å². The van der Waals surface area contributed by atoms with Crippen molar-refractivity contribution in [2.45, 2.75) is 38.5 Å². The Bertz CT molecular complexity index is 343. The molecule has 3 heteroatoms. The molecule has 1 saturated heterocycles. The molecule has 1 N–H and O–H groups in total. The molecule has 2 rings (SSSR count). The van der Waals surface area contributed by atoms with Crippen molar-refractivity contribution in [3.05, 3.63) is 21.9 Å². The van der Waals surface area contributed by atoms with Gasteiger partial charge < -0.3 is 5.32 Å². The summed E-state index contributed by atoms with van der Waals surface area (Å²) >= 11 is 4.01. The summed E-state index contributed by atoms with van der Waals surface area (Å²) in [4.78, 5) is 2.98. The van der Waals surface area contributed by atoms with E-state index in [-0.39, 0.29) is 5.41 Å². The fraction of sp³-hybridized carbons (Fsp3) is 0.692. The second kappa shape index (κ2) is 4.71. The molecule has 0 saturated carbocycles. The minimum atomic E-state index is 0.287. The lowest BCUT2D eigenvalue weighted by molar-refractivity contribution is 0.532. The Morgan fingerprint density at radius 2 is 2.06 bits per heavy atom. The first-order valence-corrected chi connectivity index (χ1v) is 7.78. The summed E-state index contributed by atoms with van der Waals surface area (Å²) in [6, 6.07) is 4.59. The Morgan fingerprint density at radius 3 is 2.56 bits per heavy atom. The van der Waals surface area contributed by atoms with Gasteiger partial charge in [-0.2, -0.15) is 0 Å². The lowest BCUT2D eigenvalue weighted by atomic mass is 9.95. The molecule has 1 aliphatic heterocycles. The molecule has 0 spiro atoms. The number of thiophene rings is 1. The zero-order chi connectivity index (χ0) is 11.8. The molecule has 2 atom stereocenters. The van der Waals surface area contributed by atoms with Crippen LogP contribution < -0.4 is 5.32 Å². The van der Waals surface area contributed by atoms with E-state index in [2.05, 4.69) is 45.1 Å². The molecule has 0 aliphatic carbocycles. The number of hydrogen-bond acceptors (Lipinski definition) is 3. The van der Waals surface area contributed by atoms with E-state index in [1.165, 1.54) is 15.5 Å². The Morgan fingerprint density at radius 1 is 1.31 bits per heavy atom. The second-order valence-corrected chi connectivity index (χ2v) is 7.93. The highest BCUT2D eigenvalue weighted by molar-refractivity contribution is 7.99. The van der Waals surface area contributed by atoms with Crippen LogP contribution in [0.2, 0.25) is 0 Å². The summed E-state index contributed by atoms with van der Waals surface area (Å²) in [6.07, 6.45) is 0. The van der Waals surface area contributed by atoms with Crippen LogP contribution in [0.25, 0.3) is 0 Å². The number of hydrogen-bond donors (Lipinski definition) is 1. The van der Waals surface area contributed by atoms with Crippen molar-refractivity contribution in [2.75, 3.05) is 12.3 Å². The topological polar surface area (TPSA) is 12.0 Å². The molecule has 1 aromatic rings. The van der Waals surface area contributed by atoms with Crippen molar-refractivity contribution in [1.82, 2.24) is 5.32 Å². The van der Waals surface area contributed by atoms with Gasteiger partial charge in [0.05, 0.1) is 5.37 Å². The quantitative estimate of drug-likeness (QED) is 0.813. The number of rotatable bonds is 1. The highest BCUT2D eigenvalue weighted by atomic mass is 32.2. The van der Waals surface area contributed by atoms with Crippen LogP contribution in [0.1, 0.15) is 42.8 Å². The van der Waals surface area contributed by atoms with E-state index in [9.17, 15) is 0 Å². The monoisotopic (exact) mass is 255 g/mol. The van der Waals surface area contributed by atoms with Gasteiger partial charge in [0.2, 0.25) is 0 Å². The number of nitrogens with one attached hydrogen (secondary N) is 1. The minimum Gasteiger partial charge on any atom is -0.301 e. The third-order valence-electron chi connectivity index (χ3n) is 2.82. The molecular formula is C13H21NS2. The Kier molecular flexibility index (Phi) is 3.67. The molecule has 90 valence electrons. The summed E-state index contributed by atoms with van der Waals surface area (Å²) in [5.41, 5.74) is 0.287. The van der Waals surface area contributed by atoms with Crippen LogP contribution >= 0.6 is 23.1 Å². The first-order valence-electron chi connectivity index (χ1n) is 5.92. The van der Waals surface area contributed by atoms with E-state index in [1.807, 2.05) is 23.1 Å². The zero-order valence-corrected chi connectivity index (χ0v) is 12.2. The molecule has 0 amide bonds. The van der Waals surface area contributed by atoms with Crippen LogP contribution in [0, 0.1) is 5.92 Å². The first-order chi connectivity index (χ1) is 7.47. The van der Waals surface area contributed by atoms with Crippen molar-refractivity contribution < 1.29 is 0 Å². The van der Waals surface area contributed by atoms with Crippen LogP contribution in [-0.2, 0) is 5.41 Å². The SMILES string of the molecule is CC1CNC(c2ccc(C(C)(C)C)s2)SC1. The normalized spacial score (nSPS) is 27.0. The molecule has 2 heterocycles. The van der Waals surface area contributed by atoms with Crippen LogP contribution in [0.4, 0.5) is 0 Å². The van der Waals surface area contributed by atoms with Gasteiger partial charge in [-0.05, 0) is 35.8 Å². The zero-order valence-electron chi connectivity index (χ0n) is 10.5. The van der Waals surface area contributed by atoms with Gasteiger partial charge in [0, 0.05) is 9.75 Å². The predicted molar refractivity (Wildman–Crippen MR) is 75.4 cm³/mol. The molecule has 0 bridgehead atoms. The van der Waals surface area contributed by atoms with Gasteiger partial charge in [-0.3, -0.25) is 0 Å². The fourth-order valence-corrected chi connectivity index (χ4v) is 4.23. The summed E-state index contributed by atoms with van der Waals surface area (Å²) in [5, 5.41) is 4.15. The summed E-state index contributed by atoms with van der Waals surface area (Å²) in [7, 11) is 0. The molecule has 16 heavy (non-hydrogen) atoms. The minimum absolute atomic E-state index is 0.287. The van der Waals surface area contributed by atoms with Crippen LogP contribution in [0.3, 0.4) is 0 Å². The average molecular weight is 255 g/mol. The van der Waals surface area contributed by atoms with Gasteiger partial charge in [0.1, 0.15) is 0 Å². The molecule has 0 radical (unpaired) electrons. The summed E-state index contributed by atoms with van der Waals surface area (Å²) in [6.45, 7) is 10.3. The van der Waals surface area contributed by atoms with E-state index in [4.69, 9.17) is 0 Å². The second-order valence-electron chi connectivity index (χ2n) is 5.68. The van der Waals surface area contributed by atoms with E-state index >= 15 is 0 Å². The van der Waals surface area contributed by atoms with Crippen LogP contribution in [-0.4, -0.2) is 12.3 Å². The third-order valence-corrected chi connectivity index (χ3v) is 6.06. The Balaban J connectivity index is 2.08. The van der Waals surface area contributed by atoms with Gasteiger partial charge in [-0.25, -0.2) is 0 Å². The molecular weight excluding hydrogens is 234 g/mol. The fourth-order valence-electron chi connectivity index (χ4n) is 1.77. The highest BCUT2D eigenvalue weighted by Crippen LogP contribution is 2.38. The largest absolute Gasteiger partial charge is 0.301 e. The van der Waals surface area contributed by atoms with Gasteiger partial charge in [-0.1, -0.05) is 27.7 Å². The van der Waals surface area contributed by atoms with Crippen molar-refractivity contribution >= 4 is 23.1 Å². The van der Waals surface area contributed by atoms with Crippen molar-refractivity contribution in [3.8, 4) is 0 Å². The lowest BCUT2D eigenvalue weighted by Crippen LogP contribution is -2.30. The van der Waals surface area contributed by atoms with Crippen molar-refractivity contribution in [3.63, 3.8) is 0 Å². The van der Waals surface area contributed by atoms with Gasteiger partial charge in [0.15, 0.2) is 0 Å².